The summed E-state index contributed by atoms with van der Waals surface area (Å²) in [5.74, 6) is 1.68. The number of nitrogens with one attached hydrogen (secondary N) is 2. The molecule has 172 valence electrons. The van der Waals surface area contributed by atoms with Crippen LogP contribution in [-0.2, 0) is 0 Å². The van der Waals surface area contributed by atoms with Crippen LogP contribution in [0, 0.1) is 0 Å². The summed E-state index contributed by atoms with van der Waals surface area (Å²) in [6.07, 6.45) is 12.3. The average molecular weight is 429 g/mol. The van der Waals surface area contributed by atoms with Gasteiger partial charge in [0.1, 0.15) is 5.52 Å². The van der Waals surface area contributed by atoms with Gasteiger partial charge in [0, 0.05) is 24.7 Å². The van der Waals surface area contributed by atoms with Gasteiger partial charge < -0.3 is 21.3 Å². The molecule has 2 saturated carbocycles. The van der Waals surface area contributed by atoms with Crippen molar-refractivity contribution in [2.45, 2.75) is 89.8 Å². The lowest BCUT2D eigenvalue weighted by atomic mass is 9.92. The first-order valence-electron chi connectivity index (χ1n) is 12.4. The molecule has 0 unspecified atom stereocenters. The number of nitrogens with two attached hydrogens (primary N) is 1. The molecule has 0 radical (unpaired) electrons. The third-order valence-corrected chi connectivity index (χ3v) is 7.06. The summed E-state index contributed by atoms with van der Waals surface area (Å²) >= 11 is 0. The van der Waals surface area contributed by atoms with Crippen LogP contribution in [0.5, 0.6) is 0 Å². The third-order valence-electron chi connectivity index (χ3n) is 7.06. The Morgan fingerprint density at radius 1 is 1.06 bits per heavy atom. The lowest BCUT2D eigenvalue weighted by Gasteiger charge is -2.26. The van der Waals surface area contributed by atoms with Gasteiger partial charge in [-0.3, -0.25) is 4.57 Å². The van der Waals surface area contributed by atoms with Crippen molar-refractivity contribution in [3.05, 3.63) is 6.20 Å². The van der Waals surface area contributed by atoms with Gasteiger partial charge in [0.2, 0.25) is 11.9 Å². The van der Waals surface area contributed by atoms with Crippen LogP contribution >= 0.6 is 0 Å². The topological polar surface area (TPSA) is 96.9 Å². The molecule has 0 bridgehead atoms. The van der Waals surface area contributed by atoms with E-state index < -0.39 is 0 Å². The molecule has 4 rings (SSSR count). The Balaban J connectivity index is 1.49. The van der Waals surface area contributed by atoms with Gasteiger partial charge in [-0.2, -0.15) is 4.98 Å². The maximum absolute atomic E-state index is 6.06. The molecule has 0 aliphatic heterocycles. The SMILES string of the molecule is CCN(CC)CCCNc1nc2cnc(NC3CCC(N)CC3)nc2n1C1CCCC1. The summed E-state index contributed by atoms with van der Waals surface area (Å²) in [6, 6.07) is 1.24. The number of anilines is 2. The highest BCUT2D eigenvalue weighted by Gasteiger charge is 2.25. The number of hydrogen-bond donors (Lipinski definition) is 3. The number of aromatic nitrogens is 4. The van der Waals surface area contributed by atoms with Crippen molar-refractivity contribution in [3.8, 4) is 0 Å². The van der Waals surface area contributed by atoms with Crippen LogP contribution < -0.4 is 16.4 Å². The maximum Gasteiger partial charge on any atom is 0.224 e. The fourth-order valence-electron chi connectivity index (χ4n) is 5.08. The Labute approximate surface area is 186 Å². The number of imidazole rings is 1. The van der Waals surface area contributed by atoms with E-state index in [1.807, 2.05) is 6.20 Å². The zero-order valence-electron chi connectivity index (χ0n) is 19.3. The molecule has 2 aliphatic carbocycles. The number of hydrogen-bond acceptors (Lipinski definition) is 7. The van der Waals surface area contributed by atoms with Crippen LogP contribution in [0.1, 0.15) is 77.7 Å². The first-order valence-corrected chi connectivity index (χ1v) is 12.4. The molecular formula is C23H40N8. The largest absolute Gasteiger partial charge is 0.356 e. The molecule has 31 heavy (non-hydrogen) atoms. The van der Waals surface area contributed by atoms with Crippen LogP contribution in [0.25, 0.3) is 11.2 Å². The van der Waals surface area contributed by atoms with Crippen LogP contribution in [0.4, 0.5) is 11.9 Å². The molecule has 4 N–H and O–H groups in total. The van der Waals surface area contributed by atoms with E-state index in [-0.39, 0.29) is 0 Å². The summed E-state index contributed by atoms with van der Waals surface area (Å²) in [5.41, 5.74) is 7.90. The first-order chi connectivity index (χ1) is 15.2. The molecule has 0 spiro atoms. The second-order valence-electron chi connectivity index (χ2n) is 9.21. The molecule has 8 nitrogen and oxygen atoms in total. The van der Waals surface area contributed by atoms with E-state index in [9.17, 15) is 0 Å². The zero-order chi connectivity index (χ0) is 21.6. The molecule has 2 aromatic rings. The van der Waals surface area contributed by atoms with Gasteiger partial charge in [-0.1, -0.05) is 26.7 Å². The summed E-state index contributed by atoms with van der Waals surface area (Å²) in [5, 5.41) is 7.17. The normalized spacial score (nSPS) is 22.5. The van der Waals surface area contributed by atoms with Gasteiger partial charge in [0.25, 0.3) is 0 Å². The summed E-state index contributed by atoms with van der Waals surface area (Å²) < 4.78 is 2.35. The molecule has 8 heteroatoms. The molecule has 0 amide bonds. The van der Waals surface area contributed by atoms with Gasteiger partial charge in [-0.15, -0.1) is 0 Å². The Morgan fingerprint density at radius 3 is 2.52 bits per heavy atom. The van der Waals surface area contributed by atoms with E-state index in [0.29, 0.717) is 18.1 Å². The summed E-state index contributed by atoms with van der Waals surface area (Å²) in [4.78, 5) is 16.9. The maximum atomic E-state index is 6.06. The van der Waals surface area contributed by atoms with Crippen molar-refractivity contribution in [1.82, 2.24) is 24.4 Å². The number of rotatable bonds is 10. The minimum atomic E-state index is 0.348. The quantitative estimate of drug-likeness (QED) is 0.496. The molecule has 2 aromatic heterocycles. The number of nitrogens with zero attached hydrogens (tertiary/aromatic N) is 5. The van der Waals surface area contributed by atoms with Crippen LogP contribution in [-0.4, -0.2) is 62.7 Å². The minimum absolute atomic E-state index is 0.348. The van der Waals surface area contributed by atoms with Gasteiger partial charge in [-0.25, -0.2) is 9.97 Å². The first kappa shape index (κ1) is 22.3. The molecule has 0 saturated heterocycles. The van der Waals surface area contributed by atoms with Gasteiger partial charge in [0.05, 0.1) is 6.20 Å². The molecule has 2 fully saturated rings. The van der Waals surface area contributed by atoms with E-state index >= 15 is 0 Å². The van der Waals surface area contributed by atoms with Crippen LogP contribution in [0.2, 0.25) is 0 Å². The highest BCUT2D eigenvalue weighted by atomic mass is 15.3. The van der Waals surface area contributed by atoms with E-state index in [1.165, 1.54) is 25.7 Å². The van der Waals surface area contributed by atoms with Crippen LogP contribution in [0.15, 0.2) is 6.20 Å². The molecule has 0 atom stereocenters. The van der Waals surface area contributed by atoms with Crippen LogP contribution in [0.3, 0.4) is 0 Å². The van der Waals surface area contributed by atoms with E-state index in [0.717, 1.165) is 81.3 Å². The standard InChI is InChI=1S/C23H40N8/c1-3-30(4-2)15-7-14-25-23-28-20-16-26-22(27-18-12-10-17(24)11-13-18)29-21(20)31(23)19-8-5-6-9-19/h16-19H,3-15,24H2,1-2H3,(H,25,28)(H,26,27,29). The zero-order valence-corrected chi connectivity index (χ0v) is 19.3. The van der Waals surface area contributed by atoms with Gasteiger partial charge in [-0.05, 0) is 64.6 Å². The highest BCUT2D eigenvalue weighted by molar-refractivity contribution is 5.75. The summed E-state index contributed by atoms with van der Waals surface area (Å²) in [6.45, 7) is 8.70. The summed E-state index contributed by atoms with van der Waals surface area (Å²) in [7, 11) is 0. The second kappa shape index (κ2) is 10.6. The third kappa shape index (κ3) is 5.47. The molecular weight excluding hydrogens is 388 g/mol. The van der Waals surface area contributed by atoms with Crippen molar-refractivity contribution < 1.29 is 0 Å². The Bertz CT molecular complexity index is 816. The second-order valence-corrected chi connectivity index (χ2v) is 9.21. The lowest BCUT2D eigenvalue weighted by Crippen LogP contribution is -2.33. The van der Waals surface area contributed by atoms with E-state index in [4.69, 9.17) is 15.7 Å². The van der Waals surface area contributed by atoms with Crippen molar-refractivity contribution in [2.75, 3.05) is 36.8 Å². The van der Waals surface area contributed by atoms with Crippen molar-refractivity contribution >= 4 is 23.1 Å². The molecule has 2 aliphatic rings. The monoisotopic (exact) mass is 428 g/mol. The van der Waals surface area contributed by atoms with Gasteiger partial charge in [0.15, 0.2) is 5.65 Å². The van der Waals surface area contributed by atoms with Gasteiger partial charge >= 0.3 is 0 Å². The minimum Gasteiger partial charge on any atom is -0.356 e. The highest BCUT2D eigenvalue weighted by Crippen LogP contribution is 2.35. The molecule has 0 aromatic carbocycles. The fraction of sp³-hybridized carbons (Fsp3) is 0.783. The lowest BCUT2D eigenvalue weighted by molar-refractivity contribution is 0.303. The molecule has 2 heterocycles. The van der Waals surface area contributed by atoms with E-state index in [1.54, 1.807) is 0 Å². The Kier molecular flexibility index (Phi) is 7.61. The predicted molar refractivity (Wildman–Crippen MR) is 128 cm³/mol. The van der Waals surface area contributed by atoms with Crippen molar-refractivity contribution in [1.29, 1.82) is 0 Å². The van der Waals surface area contributed by atoms with Crippen molar-refractivity contribution in [2.24, 2.45) is 5.73 Å². The predicted octanol–water partition coefficient (Wildman–Crippen LogP) is 3.77. The Hall–Kier alpha value is -1.93. The number of fused-ring (bicyclic) bond motifs is 1. The van der Waals surface area contributed by atoms with E-state index in [2.05, 4.69) is 38.9 Å². The smallest absolute Gasteiger partial charge is 0.224 e. The van der Waals surface area contributed by atoms with Crippen molar-refractivity contribution in [3.63, 3.8) is 0 Å². The Morgan fingerprint density at radius 2 is 1.81 bits per heavy atom. The fourth-order valence-corrected chi connectivity index (χ4v) is 5.08. The average Bonchev–Trinajstić information content (AvgIpc) is 3.42.